The molecule has 0 aromatic heterocycles. The van der Waals surface area contributed by atoms with Gasteiger partial charge in [-0.05, 0) is 18.6 Å². The molecule has 0 saturated carbocycles. The van der Waals surface area contributed by atoms with Crippen molar-refractivity contribution in [1.29, 1.82) is 0 Å². The second-order valence-corrected chi connectivity index (χ2v) is 4.63. The van der Waals surface area contributed by atoms with Gasteiger partial charge in [0.25, 0.3) is 5.91 Å². The maximum Gasteiger partial charge on any atom is 0.254 e. The molecule has 2 nitrogen and oxygen atoms in total. The Kier molecular flexibility index (Phi) is 4.86. The predicted octanol–water partition coefficient (Wildman–Crippen LogP) is 2.87. The minimum absolute atomic E-state index is 0.141. The van der Waals surface area contributed by atoms with Crippen LogP contribution in [0.3, 0.4) is 0 Å². The van der Waals surface area contributed by atoms with Crippen molar-refractivity contribution in [2.75, 3.05) is 6.54 Å². The van der Waals surface area contributed by atoms with Crippen molar-refractivity contribution < 1.29 is 13.6 Å². The van der Waals surface area contributed by atoms with E-state index in [-0.39, 0.29) is 10.4 Å². The van der Waals surface area contributed by atoms with E-state index in [1.54, 1.807) is 0 Å². The average molecular weight is 292 g/mol. The number of hydrogen-bond donors (Lipinski definition) is 1. The van der Waals surface area contributed by atoms with E-state index in [1.807, 2.05) is 6.92 Å². The van der Waals surface area contributed by atoms with Crippen LogP contribution >= 0.6 is 15.9 Å². The minimum Gasteiger partial charge on any atom is -0.351 e. The number of hydrogen-bond acceptors (Lipinski definition) is 1. The monoisotopic (exact) mass is 291 g/mol. The van der Waals surface area contributed by atoms with Gasteiger partial charge in [0.15, 0.2) is 0 Å². The van der Waals surface area contributed by atoms with E-state index in [1.165, 1.54) is 0 Å². The van der Waals surface area contributed by atoms with Crippen LogP contribution in [0.15, 0.2) is 18.2 Å². The van der Waals surface area contributed by atoms with E-state index in [0.29, 0.717) is 12.6 Å². The number of benzene rings is 1. The zero-order valence-electron chi connectivity index (χ0n) is 8.77. The molecule has 0 saturated heterocycles. The van der Waals surface area contributed by atoms with Gasteiger partial charge in [0, 0.05) is 17.4 Å². The highest BCUT2D eigenvalue weighted by molar-refractivity contribution is 9.09. The van der Waals surface area contributed by atoms with Crippen molar-refractivity contribution in [2.45, 2.75) is 18.2 Å². The molecular formula is C11H12BrF2NO. The molecule has 1 aromatic rings. The first kappa shape index (κ1) is 13.1. The molecule has 0 aliphatic rings. The topological polar surface area (TPSA) is 29.1 Å². The molecule has 1 unspecified atom stereocenters. The van der Waals surface area contributed by atoms with Gasteiger partial charge in [-0.2, -0.15) is 0 Å². The molecule has 5 heteroatoms. The number of rotatable bonds is 4. The molecule has 16 heavy (non-hydrogen) atoms. The van der Waals surface area contributed by atoms with E-state index < -0.39 is 17.5 Å². The Morgan fingerprint density at radius 1 is 1.50 bits per heavy atom. The largest absolute Gasteiger partial charge is 0.351 e. The predicted molar refractivity (Wildman–Crippen MR) is 61.7 cm³/mol. The first-order chi connectivity index (χ1) is 7.54. The summed E-state index contributed by atoms with van der Waals surface area (Å²) >= 11 is 3.34. The number of halogens is 3. The molecule has 1 atom stereocenters. The van der Waals surface area contributed by atoms with Crippen LogP contribution in [-0.2, 0) is 0 Å². The van der Waals surface area contributed by atoms with Crippen LogP contribution < -0.4 is 5.32 Å². The molecule has 1 aromatic carbocycles. The lowest BCUT2D eigenvalue weighted by Gasteiger charge is -2.09. The molecule has 1 rings (SSSR count). The van der Waals surface area contributed by atoms with Crippen LogP contribution in [0.5, 0.6) is 0 Å². The zero-order chi connectivity index (χ0) is 12.1. The zero-order valence-corrected chi connectivity index (χ0v) is 10.4. The van der Waals surface area contributed by atoms with Crippen LogP contribution in [0.1, 0.15) is 23.7 Å². The molecule has 88 valence electrons. The minimum atomic E-state index is -0.847. The van der Waals surface area contributed by atoms with Crippen molar-refractivity contribution in [3.8, 4) is 0 Å². The highest BCUT2D eigenvalue weighted by Crippen LogP contribution is 2.10. The molecule has 0 heterocycles. The Morgan fingerprint density at radius 2 is 2.19 bits per heavy atom. The van der Waals surface area contributed by atoms with Crippen molar-refractivity contribution in [1.82, 2.24) is 5.32 Å². The van der Waals surface area contributed by atoms with Crippen molar-refractivity contribution in [2.24, 2.45) is 0 Å². The lowest BCUT2D eigenvalue weighted by molar-refractivity contribution is 0.0949. The molecule has 0 aliphatic heterocycles. The Bertz CT molecular complexity index is 384. The van der Waals surface area contributed by atoms with Gasteiger partial charge in [0.2, 0.25) is 0 Å². The second kappa shape index (κ2) is 5.94. The Labute approximate surface area is 101 Å². The number of carbonyl (C=O) groups is 1. The fourth-order valence-corrected chi connectivity index (χ4v) is 1.28. The summed E-state index contributed by atoms with van der Waals surface area (Å²) < 4.78 is 25.8. The standard InChI is InChI=1S/C11H12BrF2NO/c1-2-7(12)6-15-11(16)9-4-3-8(13)5-10(9)14/h3-5,7H,2,6H2,1H3,(H,15,16). The fourth-order valence-electron chi connectivity index (χ4n) is 1.12. The Balaban J connectivity index is 2.66. The third-order valence-corrected chi connectivity index (χ3v) is 3.07. The molecule has 1 amide bonds. The SMILES string of the molecule is CCC(Br)CNC(=O)c1ccc(F)cc1F. The lowest BCUT2D eigenvalue weighted by atomic mass is 10.2. The smallest absolute Gasteiger partial charge is 0.254 e. The molecule has 0 fully saturated rings. The normalized spacial score (nSPS) is 12.2. The van der Waals surface area contributed by atoms with E-state index in [2.05, 4.69) is 21.2 Å². The van der Waals surface area contributed by atoms with E-state index in [0.717, 1.165) is 18.6 Å². The summed E-state index contributed by atoms with van der Waals surface area (Å²) in [7, 11) is 0. The molecule has 0 radical (unpaired) electrons. The summed E-state index contributed by atoms with van der Waals surface area (Å²) in [4.78, 5) is 11.7. The molecule has 0 bridgehead atoms. The number of carbonyl (C=O) groups excluding carboxylic acids is 1. The van der Waals surface area contributed by atoms with Gasteiger partial charge in [-0.1, -0.05) is 22.9 Å². The van der Waals surface area contributed by atoms with Crippen LogP contribution in [0, 0.1) is 11.6 Å². The van der Waals surface area contributed by atoms with Gasteiger partial charge in [0.1, 0.15) is 11.6 Å². The van der Waals surface area contributed by atoms with E-state index >= 15 is 0 Å². The van der Waals surface area contributed by atoms with Crippen LogP contribution in [0.25, 0.3) is 0 Å². The summed E-state index contributed by atoms with van der Waals surface area (Å²) in [6.45, 7) is 2.37. The molecule has 0 spiro atoms. The number of alkyl halides is 1. The average Bonchev–Trinajstić information content (AvgIpc) is 2.25. The summed E-state index contributed by atoms with van der Waals surface area (Å²) in [5.74, 6) is -2.07. The summed E-state index contributed by atoms with van der Waals surface area (Å²) in [6.07, 6.45) is 0.853. The van der Waals surface area contributed by atoms with Crippen LogP contribution in [0.2, 0.25) is 0 Å². The molecule has 0 aliphatic carbocycles. The Hall–Kier alpha value is -0.970. The fraction of sp³-hybridized carbons (Fsp3) is 0.364. The summed E-state index contributed by atoms with van der Waals surface area (Å²) in [5.41, 5.74) is -0.141. The molecule has 1 N–H and O–H groups in total. The van der Waals surface area contributed by atoms with Gasteiger partial charge in [-0.15, -0.1) is 0 Å². The summed E-state index contributed by atoms with van der Waals surface area (Å²) in [6, 6.07) is 2.89. The quantitative estimate of drug-likeness (QED) is 0.849. The first-order valence-corrected chi connectivity index (χ1v) is 5.83. The van der Waals surface area contributed by atoms with Gasteiger partial charge in [-0.25, -0.2) is 8.78 Å². The van der Waals surface area contributed by atoms with Crippen molar-refractivity contribution >= 4 is 21.8 Å². The third kappa shape index (κ3) is 3.56. The van der Waals surface area contributed by atoms with Crippen molar-refractivity contribution in [3.63, 3.8) is 0 Å². The van der Waals surface area contributed by atoms with Crippen LogP contribution in [0.4, 0.5) is 8.78 Å². The number of amides is 1. The number of nitrogens with one attached hydrogen (secondary N) is 1. The Morgan fingerprint density at radius 3 is 2.75 bits per heavy atom. The second-order valence-electron chi connectivity index (χ2n) is 3.34. The van der Waals surface area contributed by atoms with Gasteiger partial charge < -0.3 is 5.32 Å². The third-order valence-electron chi connectivity index (χ3n) is 2.10. The van der Waals surface area contributed by atoms with Gasteiger partial charge in [-0.3, -0.25) is 4.79 Å². The van der Waals surface area contributed by atoms with E-state index in [9.17, 15) is 13.6 Å². The highest BCUT2D eigenvalue weighted by Gasteiger charge is 2.12. The van der Waals surface area contributed by atoms with Gasteiger partial charge >= 0.3 is 0 Å². The van der Waals surface area contributed by atoms with Gasteiger partial charge in [0.05, 0.1) is 5.56 Å². The van der Waals surface area contributed by atoms with E-state index in [4.69, 9.17) is 0 Å². The summed E-state index contributed by atoms with van der Waals surface area (Å²) in [5, 5.41) is 2.56. The van der Waals surface area contributed by atoms with Crippen LogP contribution in [-0.4, -0.2) is 17.3 Å². The lowest BCUT2D eigenvalue weighted by Crippen LogP contribution is -2.29. The first-order valence-electron chi connectivity index (χ1n) is 4.92. The maximum absolute atomic E-state index is 13.2. The van der Waals surface area contributed by atoms with Crippen molar-refractivity contribution in [3.05, 3.63) is 35.4 Å². The maximum atomic E-state index is 13.2. The molecular weight excluding hydrogens is 280 g/mol. The highest BCUT2D eigenvalue weighted by atomic mass is 79.9.